The maximum atomic E-state index is 7.16. The number of fused-ring (bicyclic) bond motifs is 16. The molecule has 5 nitrogen and oxygen atoms in total. The molecular weight excluding hydrogens is 831 g/mol. The summed E-state index contributed by atoms with van der Waals surface area (Å²) >= 11 is 0. The summed E-state index contributed by atoms with van der Waals surface area (Å²) < 4.78 is 13.5. The van der Waals surface area contributed by atoms with Crippen molar-refractivity contribution in [1.82, 2.24) is 15.0 Å². The number of hydrogen-bond donors (Lipinski definition) is 0. The Morgan fingerprint density at radius 3 is 1.49 bits per heavy atom. The smallest absolute Gasteiger partial charge is 0.164 e. The molecule has 0 aliphatic rings. The van der Waals surface area contributed by atoms with Gasteiger partial charge < -0.3 is 8.83 Å². The molecule has 0 atom stereocenters. The molecule has 0 bridgehead atoms. The molecule has 0 aliphatic carbocycles. The fourth-order valence-corrected chi connectivity index (χ4v) is 11.2. The molecule has 68 heavy (non-hydrogen) atoms. The van der Waals surface area contributed by atoms with Gasteiger partial charge in [0.05, 0.1) is 0 Å². The summed E-state index contributed by atoms with van der Waals surface area (Å²) in [6, 6.07) is 75.0. The first-order valence-corrected chi connectivity index (χ1v) is 23.0. The fraction of sp³-hybridized carbons (Fsp3) is 0. The number of para-hydroxylation sites is 1. The molecule has 0 radical (unpaired) electrons. The zero-order valence-corrected chi connectivity index (χ0v) is 36.4. The van der Waals surface area contributed by atoms with Crippen molar-refractivity contribution in [3.63, 3.8) is 0 Å². The van der Waals surface area contributed by atoms with Crippen LogP contribution in [0.25, 0.3) is 154 Å². The van der Waals surface area contributed by atoms with E-state index in [1.165, 1.54) is 26.9 Å². The van der Waals surface area contributed by atoms with Crippen molar-refractivity contribution in [3.8, 4) is 45.3 Å². The maximum Gasteiger partial charge on any atom is 0.164 e. The van der Waals surface area contributed by atoms with Gasteiger partial charge in [0.25, 0.3) is 0 Å². The molecule has 0 spiro atoms. The summed E-state index contributed by atoms with van der Waals surface area (Å²) in [7, 11) is 0. The van der Waals surface area contributed by atoms with E-state index in [1.807, 2.05) is 30.3 Å². The van der Waals surface area contributed by atoms with Crippen molar-refractivity contribution in [1.29, 1.82) is 0 Å². The molecule has 0 saturated carbocycles. The van der Waals surface area contributed by atoms with Gasteiger partial charge in [-0.2, -0.15) is 0 Å². The predicted octanol–water partition coefficient (Wildman–Crippen LogP) is 17.3. The van der Waals surface area contributed by atoms with Crippen LogP contribution in [0.3, 0.4) is 0 Å². The van der Waals surface area contributed by atoms with Crippen LogP contribution in [-0.2, 0) is 0 Å². The summed E-state index contributed by atoms with van der Waals surface area (Å²) in [5.74, 6) is 1.78. The lowest BCUT2D eigenvalue weighted by Gasteiger charge is -2.15. The van der Waals surface area contributed by atoms with Crippen LogP contribution >= 0.6 is 0 Å². The molecule has 3 aromatic heterocycles. The minimum Gasteiger partial charge on any atom is -0.456 e. The largest absolute Gasteiger partial charge is 0.456 e. The van der Waals surface area contributed by atoms with Crippen molar-refractivity contribution < 1.29 is 8.83 Å². The first kappa shape index (κ1) is 37.1. The van der Waals surface area contributed by atoms with Gasteiger partial charge in [0.2, 0.25) is 0 Å². The number of furan rings is 2. The van der Waals surface area contributed by atoms with Crippen LogP contribution in [0.15, 0.2) is 221 Å². The van der Waals surface area contributed by atoms with Crippen LogP contribution in [0.4, 0.5) is 0 Å². The second-order valence-corrected chi connectivity index (χ2v) is 17.7. The Bertz CT molecular complexity index is 4600. The molecule has 0 fully saturated rings. The van der Waals surface area contributed by atoms with Gasteiger partial charge in [0.15, 0.2) is 17.5 Å². The van der Waals surface area contributed by atoms with Crippen molar-refractivity contribution in [3.05, 3.63) is 212 Å². The van der Waals surface area contributed by atoms with E-state index in [9.17, 15) is 0 Å². The van der Waals surface area contributed by atoms with Crippen molar-refractivity contribution in [2.75, 3.05) is 0 Å². The third-order valence-corrected chi connectivity index (χ3v) is 14.1. The van der Waals surface area contributed by atoms with Crippen LogP contribution in [0.5, 0.6) is 0 Å². The van der Waals surface area contributed by atoms with Crippen LogP contribution < -0.4 is 0 Å². The van der Waals surface area contributed by atoms with E-state index in [0.29, 0.717) is 17.5 Å². The average Bonchev–Trinajstić information content (AvgIpc) is 3.98. The fourth-order valence-electron chi connectivity index (χ4n) is 11.2. The van der Waals surface area contributed by atoms with Crippen molar-refractivity contribution in [2.24, 2.45) is 0 Å². The third kappa shape index (κ3) is 5.29. The van der Waals surface area contributed by atoms with E-state index < -0.39 is 0 Å². The van der Waals surface area contributed by atoms with Crippen molar-refractivity contribution >= 4 is 109 Å². The monoisotopic (exact) mass is 865 g/mol. The number of hydrogen-bond acceptors (Lipinski definition) is 5. The highest BCUT2D eigenvalue weighted by Crippen LogP contribution is 2.48. The Kier molecular flexibility index (Phi) is 7.72. The molecule has 314 valence electrons. The van der Waals surface area contributed by atoms with Crippen LogP contribution in [0.1, 0.15) is 0 Å². The first-order chi connectivity index (χ1) is 33.7. The lowest BCUT2D eigenvalue weighted by Crippen LogP contribution is -2.01. The predicted molar refractivity (Wildman–Crippen MR) is 281 cm³/mol. The molecule has 0 amide bonds. The van der Waals surface area contributed by atoms with Gasteiger partial charge in [0.1, 0.15) is 22.3 Å². The molecule has 5 heteroatoms. The van der Waals surface area contributed by atoms with Crippen molar-refractivity contribution in [2.45, 2.75) is 0 Å². The number of benzene rings is 12. The third-order valence-electron chi connectivity index (χ3n) is 14.1. The Morgan fingerprint density at radius 2 is 0.721 bits per heavy atom. The summed E-state index contributed by atoms with van der Waals surface area (Å²) in [5, 5.41) is 17.9. The highest BCUT2D eigenvalue weighted by Gasteiger charge is 2.24. The number of aromatic nitrogens is 3. The van der Waals surface area contributed by atoms with E-state index in [2.05, 4.69) is 182 Å². The second-order valence-electron chi connectivity index (χ2n) is 17.7. The first-order valence-electron chi connectivity index (χ1n) is 23.0. The zero-order chi connectivity index (χ0) is 44.5. The van der Waals surface area contributed by atoms with Crippen LogP contribution in [0, 0.1) is 0 Å². The van der Waals surface area contributed by atoms with Crippen LogP contribution in [0.2, 0.25) is 0 Å². The Hall–Kier alpha value is -9.19. The highest BCUT2D eigenvalue weighted by molar-refractivity contribution is 6.34. The van der Waals surface area contributed by atoms with E-state index in [0.717, 1.165) is 109 Å². The summed E-state index contributed by atoms with van der Waals surface area (Å²) in [4.78, 5) is 16.1. The van der Waals surface area contributed by atoms with E-state index in [-0.39, 0.29) is 0 Å². The Balaban J connectivity index is 1.01. The number of nitrogens with zero attached hydrogens (tertiary/aromatic N) is 3. The molecule has 15 aromatic rings. The summed E-state index contributed by atoms with van der Waals surface area (Å²) in [6.07, 6.45) is 0. The molecule has 0 saturated heterocycles. The van der Waals surface area contributed by atoms with Gasteiger partial charge in [-0.25, -0.2) is 15.0 Å². The second kappa shape index (κ2) is 14.2. The Morgan fingerprint density at radius 1 is 0.250 bits per heavy atom. The van der Waals surface area contributed by atoms with E-state index >= 15 is 0 Å². The summed E-state index contributed by atoms with van der Waals surface area (Å²) in [5.41, 5.74) is 8.35. The van der Waals surface area contributed by atoms with E-state index in [4.69, 9.17) is 23.8 Å². The SMILES string of the molecule is c1ccc2c(-c3nc(-c4cccc5c(-c6c7ccccc7cc7oc8c(ccc9c%10ccccc%10c%10ccccc%10c98)c67)cccc45)nc(-c4cccc5oc6ccccc6c45)n3)cccc2c1. The standard InChI is InChI=1S/C63H35N3O2/c1-3-18-38-36(15-1)17-11-28-48(38)61-64-62(66-63(65-61)52-30-14-32-54-56(52)50-24-9-10-31-53(50)67-54)49-29-13-25-43-44(49)26-12-27-45(43)57-39-19-4-2-16-37(39)35-55-59(57)51-34-33-47-42-22-6-5-20-40(42)41-21-7-8-23-46(41)58(47)60(51)68-55/h1-35H. The average molecular weight is 866 g/mol. The minimum absolute atomic E-state index is 0.580. The van der Waals surface area contributed by atoms with Gasteiger partial charge >= 0.3 is 0 Å². The molecule has 0 N–H and O–H groups in total. The molecular formula is C63H35N3O2. The normalized spacial score (nSPS) is 12.1. The maximum absolute atomic E-state index is 7.16. The van der Waals surface area contributed by atoms with Crippen LogP contribution in [-0.4, -0.2) is 15.0 Å². The lowest BCUT2D eigenvalue weighted by atomic mass is 9.88. The van der Waals surface area contributed by atoms with Gasteiger partial charge in [-0.05, 0) is 89.1 Å². The Labute approximate surface area is 388 Å². The minimum atomic E-state index is 0.580. The summed E-state index contributed by atoms with van der Waals surface area (Å²) in [6.45, 7) is 0. The van der Waals surface area contributed by atoms with E-state index in [1.54, 1.807) is 0 Å². The molecule has 0 aliphatic heterocycles. The van der Waals surface area contributed by atoms with Gasteiger partial charge in [0, 0.05) is 49.2 Å². The quantitative estimate of drug-likeness (QED) is 0.165. The number of rotatable bonds is 4. The lowest BCUT2D eigenvalue weighted by molar-refractivity contribution is 0.669. The topological polar surface area (TPSA) is 65.0 Å². The van der Waals surface area contributed by atoms with Gasteiger partial charge in [-0.15, -0.1) is 0 Å². The molecule has 3 heterocycles. The van der Waals surface area contributed by atoms with Gasteiger partial charge in [-0.3, -0.25) is 0 Å². The van der Waals surface area contributed by atoms with Gasteiger partial charge in [-0.1, -0.05) is 188 Å². The molecule has 12 aromatic carbocycles. The molecule has 0 unspecified atom stereocenters. The zero-order valence-electron chi connectivity index (χ0n) is 36.4. The molecule has 15 rings (SSSR count). The highest BCUT2D eigenvalue weighted by atomic mass is 16.3.